The zero-order valence-corrected chi connectivity index (χ0v) is 11.4. The largest absolute Gasteiger partial charge is 0.492 e. The number of aromatic hydroxyl groups is 1. The van der Waals surface area contributed by atoms with Crippen molar-refractivity contribution in [3.8, 4) is 5.88 Å². The van der Waals surface area contributed by atoms with E-state index in [1.807, 2.05) is 6.07 Å². The molecule has 0 atom stereocenters. The standard InChI is InChI=1S/C14H14FN5O/c1-16-6-11-18-13-12(14(21)19-11)20(8-17-13)7-9-3-2-4-10(15)5-9/h2-5,8,16H,6-7H2,1H3,(H,18,19,21). The number of nitrogens with zero attached hydrogens (tertiary/aromatic N) is 4. The van der Waals surface area contributed by atoms with Gasteiger partial charge in [0.05, 0.1) is 12.9 Å². The number of halogens is 1. The zero-order chi connectivity index (χ0) is 14.8. The van der Waals surface area contributed by atoms with Crippen molar-refractivity contribution >= 4 is 11.2 Å². The molecule has 1 aromatic carbocycles. The topological polar surface area (TPSA) is 75.9 Å². The molecule has 3 aromatic rings. The Bertz CT molecular complexity index is 786. The number of hydrogen-bond acceptors (Lipinski definition) is 5. The van der Waals surface area contributed by atoms with Gasteiger partial charge in [-0.2, -0.15) is 4.98 Å². The Morgan fingerprint density at radius 2 is 2.19 bits per heavy atom. The summed E-state index contributed by atoms with van der Waals surface area (Å²) in [4.78, 5) is 12.5. The van der Waals surface area contributed by atoms with E-state index in [1.54, 1.807) is 24.0 Å². The lowest BCUT2D eigenvalue weighted by Gasteiger charge is -2.06. The van der Waals surface area contributed by atoms with Crippen LogP contribution < -0.4 is 5.32 Å². The molecule has 0 spiro atoms. The number of aromatic nitrogens is 4. The van der Waals surface area contributed by atoms with Gasteiger partial charge in [0.15, 0.2) is 11.2 Å². The molecule has 108 valence electrons. The monoisotopic (exact) mass is 287 g/mol. The van der Waals surface area contributed by atoms with Gasteiger partial charge in [0.2, 0.25) is 5.88 Å². The van der Waals surface area contributed by atoms with Crippen LogP contribution in [0, 0.1) is 5.82 Å². The van der Waals surface area contributed by atoms with Crippen LogP contribution in [0.1, 0.15) is 11.4 Å². The van der Waals surface area contributed by atoms with Crippen LogP contribution in [-0.4, -0.2) is 31.7 Å². The van der Waals surface area contributed by atoms with Crippen LogP contribution in [0.5, 0.6) is 5.88 Å². The third-order valence-corrected chi connectivity index (χ3v) is 3.08. The van der Waals surface area contributed by atoms with Gasteiger partial charge in [0.1, 0.15) is 11.6 Å². The zero-order valence-electron chi connectivity index (χ0n) is 11.4. The van der Waals surface area contributed by atoms with Crippen LogP contribution in [0.2, 0.25) is 0 Å². The van der Waals surface area contributed by atoms with Crippen LogP contribution in [0.3, 0.4) is 0 Å². The highest BCUT2D eigenvalue weighted by Gasteiger charge is 2.13. The highest BCUT2D eigenvalue weighted by Crippen LogP contribution is 2.21. The van der Waals surface area contributed by atoms with Crippen molar-refractivity contribution in [2.24, 2.45) is 0 Å². The molecule has 0 aliphatic carbocycles. The van der Waals surface area contributed by atoms with E-state index in [9.17, 15) is 9.50 Å². The van der Waals surface area contributed by atoms with E-state index < -0.39 is 0 Å². The number of rotatable bonds is 4. The first-order valence-electron chi connectivity index (χ1n) is 6.47. The van der Waals surface area contributed by atoms with Crippen LogP contribution in [0.15, 0.2) is 30.6 Å². The van der Waals surface area contributed by atoms with Crippen molar-refractivity contribution in [2.45, 2.75) is 13.1 Å². The molecule has 0 saturated heterocycles. The van der Waals surface area contributed by atoms with Gasteiger partial charge in [-0.3, -0.25) is 0 Å². The first-order chi connectivity index (χ1) is 10.2. The lowest BCUT2D eigenvalue weighted by atomic mass is 10.2. The van der Waals surface area contributed by atoms with E-state index >= 15 is 0 Å². The maximum absolute atomic E-state index is 13.2. The van der Waals surface area contributed by atoms with E-state index in [0.717, 1.165) is 5.56 Å². The van der Waals surface area contributed by atoms with Gasteiger partial charge >= 0.3 is 0 Å². The van der Waals surface area contributed by atoms with Gasteiger partial charge < -0.3 is 15.0 Å². The predicted octanol–water partition coefficient (Wildman–Crippen LogP) is 1.44. The Labute approximate surface area is 120 Å². The minimum atomic E-state index is -0.298. The molecule has 0 amide bonds. The summed E-state index contributed by atoms with van der Waals surface area (Å²) in [5.74, 6) is 0.0476. The minimum absolute atomic E-state index is 0.126. The lowest BCUT2D eigenvalue weighted by Crippen LogP contribution is -2.09. The van der Waals surface area contributed by atoms with Crippen molar-refractivity contribution in [1.29, 1.82) is 0 Å². The first-order valence-corrected chi connectivity index (χ1v) is 6.47. The van der Waals surface area contributed by atoms with Crippen molar-refractivity contribution < 1.29 is 9.50 Å². The SMILES string of the molecule is CNCc1nc(O)c2c(ncn2Cc2cccc(F)c2)n1. The van der Waals surface area contributed by atoms with Gasteiger partial charge in [-0.05, 0) is 24.7 Å². The molecule has 0 saturated carbocycles. The summed E-state index contributed by atoms with van der Waals surface area (Å²) in [5.41, 5.74) is 1.64. The fourth-order valence-electron chi connectivity index (χ4n) is 2.19. The van der Waals surface area contributed by atoms with E-state index in [2.05, 4.69) is 20.3 Å². The number of fused-ring (bicyclic) bond motifs is 1. The highest BCUT2D eigenvalue weighted by molar-refractivity contribution is 5.76. The summed E-state index contributed by atoms with van der Waals surface area (Å²) >= 11 is 0. The Morgan fingerprint density at radius 3 is 2.95 bits per heavy atom. The van der Waals surface area contributed by atoms with E-state index in [4.69, 9.17) is 0 Å². The summed E-state index contributed by atoms with van der Waals surface area (Å²) in [6, 6.07) is 6.28. The van der Waals surface area contributed by atoms with Crippen molar-refractivity contribution in [3.05, 3.63) is 47.8 Å². The molecule has 6 nitrogen and oxygen atoms in total. The second-order valence-electron chi connectivity index (χ2n) is 4.67. The molecule has 0 aliphatic heterocycles. The molecule has 2 aromatic heterocycles. The molecule has 2 heterocycles. The number of imidazole rings is 1. The second-order valence-corrected chi connectivity index (χ2v) is 4.67. The molecule has 0 radical (unpaired) electrons. The molecule has 7 heteroatoms. The average molecular weight is 287 g/mol. The quantitative estimate of drug-likeness (QED) is 0.759. The van der Waals surface area contributed by atoms with E-state index in [0.29, 0.717) is 30.1 Å². The third kappa shape index (κ3) is 2.68. The van der Waals surface area contributed by atoms with Gasteiger partial charge in [-0.25, -0.2) is 14.4 Å². The normalized spacial score (nSPS) is 11.1. The van der Waals surface area contributed by atoms with Crippen LogP contribution in [0.25, 0.3) is 11.2 Å². The van der Waals surface area contributed by atoms with E-state index in [-0.39, 0.29) is 11.7 Å². The van der Waals surface area contributed by atoms with E-state index in [1.165, 1.54) is 12.1 Å². The van der Waals surface area contributed by atoms with Crippen LogP contribution in [-0.2, 0) is 13.1 Å². The second kappa shape index (κ2) is 5.45. The van der Waals surface area contributed by atoms with Gasteiger partial charge in [-0.15, -0.1) is 0 Å². The van der Waals surface area contributed by atoms with Crippen molar-refractivity contribution in [1.82, 2.24) is 24.8 Å². The van der Waals surface area contributed by atoms with Crippen LogP contribution in [0.4, 0.5) is 4.39 Å². The Morgan fingerprint density at radius 1 is 1.33 bits per heavy atom. The van der Waals surface area contributed by atoms with Gasteiger partial charge in [0.25, 0.3) is 0 Å². The minimum Gasteiger partial charge on any atom is -0.492 e. The number of benzene rings is 1. The van der Waals surface area contributed by atoms with Crippen molar-refractivity contribution in [2.75, 3.05) is 7.05 Å². The fourth-order valence-corrected chi connectivity index (χ4v) is 2.19. The highest BCUT2D eigenvalue weighted by atomic mass is 19.1. The summed E-state index contributed by atoms with van der Waals surface area (Å²) in [6.45, 7) is 0.830. The number of hydrogen-bond donors (Lipinski definition) is 2. The van der Waals surface area contributed by atoms with Gasteiger partial charge in [-0.1, -0.05) is 12.1 Å². The van der Waals surface area contributed by atoms with Crippen molar-refractivity contribution in [3.63, 3.8) is 0 Å². The smallest absolute Gasteiger partial charge is 0.241 e. The maximum Gasteiger partial charge on any atom is 0.241 e. The third-order valence-electron chi connectivity index (χ3n) is 3.08. The summed E-state index contributed by atoms with van der Waals surface area (Å²) in [7, 11) is 1.77. The summed E-state index contributed by atoms with van der Waals surface area (Å²) in [5, 5.41) is 13.0. The average Bonchev–Trinajstić information content (AvgIpc) is 2.83. The molecule has 0 bridgehead atoms. The molecule has 2 N–H and O–H groups in total. The first kappa shape index (κ1) is 13.4. The Hall–Kier alpha value is -2.54. The molecule has 21 heavy (non-hydrogen) atoms. The maximum atomic E-state index is 13.2. The van der Waals surface area contributed by atoms with Crippen LogP contribution >= 0.6 is 0 Å². The molecule has 3 rings (SSSR count). The molecular formula is C14H14FN5O. The molecule has 0 fully saturated rings. The summed E-state index contributed by atoms with van der Waals surface area (Å²) in [6.07, 6.45) is 1.56. The Balaban J connectivity index is 2.00. The lowest BCUT2D eigenvalue weighted by molar-refractivity contribution is 0.452. The fraction of sp³-hybridized carbons (Fsp3) is 0.214. The molecule has 0 unspecified atom stereocenters. The Kier molecular flexibility index (Phi) is 3.49. The summed E-state index contributed by atoms with van der Waals surface area (Å²) < 4.78 is 14.9. The predicted molar refractivity (Wildman–Crippen MR) is 75.3 cm³/mol. The molecular weight excluding hydrogens is 273 g/mol. The number of nitrogens with one attached hydrogen (secondary N) is 1. The van der Waals surface area contributed by atoms with Gasteiger partial charge in [0, 0.05) is 6.54 Å². The molecule has 0 aliphatic rings.